The highest BCUT2D eigenvalue weighted by molar-refractivity contribution is 6.02. The van der Waals surface area contributed by atoms with Crippen LogP contribution < -0.4 is 21.0 Å². The fourth-order valence-corrected chi connectivity index (χ4v) is 2.76. The van der Waals surface area contributed by atoms with E-state index in [9.17, 15) is 34.5 Å². The van der Waals surface area contributed by atoms with Crippen molar-refractivity contribution in [2.24, 2.45) is 0 Å². The molecule has 2 heterocycles. The number of aromatic nitrogens is 2. The fraction of sp³-hybridized carbons (Fsp3) is 0.600. The molecule has 150 valence electrons. The lowest BCUT2D eigenvalue weighted by Gasteiger charge is -2.37. The van der Waals surface area contributed by atoms with E-state index in [1.807, 2.05) is 4.98 Å². The molecule has 0 saturated carbocycles. The van der Waals surface area contributed by atoms with Crippen LogP contribution in [0.3, 0.4) is 0 Å². The number of aliphatic hydroxyl groups is 4. The lowest BCUT2D eigenvalue weighted by molar-refractivity contribution is -0.118. The Labute approximate surface area is 152 Å². The summed E-state index contributed by atoms with van der Waals surface area (Å²) in [5.74, 6) is -0.800. The van der Waals surface area contributed by atoms with Crippen LogP contribution in [-0.4, -0.2) is 86.6 Å². The highest BCUT2D eigenvalue weighted by Crippen LogP contribution is 2.27. The van der Waals surface area contributed by atoms with E-state index in [1.54, 1.807) is 0 Å². The van der Waals surface area contributed by atoms with Gasteiger partial charge in [-0.25, -0.2) is 4.79 Å². The van der Waals surface area contributed by atoms with E-state index in [-0.39, 0.29) is 36.8 Å². The number of fused-ring (bicyclic) bond motifs is 1. The third-order valence-electron chi connectivity index (χ3n) is 4.18. The van der Waals surface area contributed by atoms with E-state index in [2.05, 4.69) is 4.98 Å². The molecule has 0 saturated heterocycles. The van der Waals surface area contributed by atoms with Gasteiger partial charge in [0.25, 0.3) is 5.56 Å². The molecule has 0 spiro atoms. The van der Waals surface area contributed by atoms with Crippen molar-refractivity contribution < 1.29 is 30.0 Å². The molecule has 27 heavy (non-hydrogen) atoms. The smallest absolute Gasteiger partial charge is 0.327 e. The standard InChI is InChI=1S/C15H22N4O8/c1-7(21)2-3-19-10(24)5-18(4-8(22)12(25)9(23)6-20)13-11(19)14(26)17-15(27)16-13/h8-9,12,20,22-23,25H,2-6H2,1H3,(H2,16,17,26,27)/t8-,9+,12-/m0/s1. The fourth-order valence-electron chi connectivity index (χ4n) is 2.76. The Bertz CT molecular complexity index is 819. The Balaban J connectivity index is 2.38. The molecular formula is C15H22N4O8. The van der Waals surface area contributed by atoms with Crippen molar-refractivity contribution in [2.45, 2.75) is 31.7 Å². The van der Waals surface area contributed by atoms with Crippen LogP contribution >= 0.6 is 0 Å². The summed E-state index contributed by atoms with van der Waals surface area (Å²) < 4.78 is 0. The zero-order chi connectivity index (χ0) is 20.3. The second-order valence-corrected chi connectivity index (χ2v) is 6.29. The van der Waals surface area contributed by atoms with Crippen LogP contribution in [0.1, 0.15) is 13.3 Å². The van der Waals surface area contributed by atoms with Crippen LogP contribution in [0.15, 0.2) is 9.59 Å². The number of aromatic amines is 2. The van der Waals surface area contributed by atoms with Crippen molar-refractivity contribution in [3.63, 3.8) is 0 Å². The monoisotopic (exact) mass is 386 g/mol. The van der Waals surface area contributed by atoms with Gasteiger partial charge in [-0.1, -0.05) is 0 Å². The maximum absolute atomic E-state index is 12.5. The number of nitrogens with one attached hydrogen (secondary N) is 2. The molecule has 1 aliphatic rings. The Hall–Kier alpha value is -2.54. The number of Topliss-reactive ketones (excluding diaryl/α,β-unsaturated/α-hetero) is 1. The quantitative estimate of drug-likeness (QED) is 0.261. The average Bonchev–Trinajstić information content (AvgIpc) is 2.59. The van der Waals surface area contributed by atoms with Crippen molar-refractivity contribution in [3.8, 4) is 0 Å². The summed E-state index contributed by atoms with van der Waals surface area (Å²) in [5.41, 5.74) is -1.87. The normalized spacial score (nSPS) is 17.4. The minimum atomic E-state index is -1.71. The Morgan fingerprint density at radius 3 is 2.41 bits per heavy atom. The Kier molecular flexibility index (Phi) is 6.49. The van der Waals surface area contributed by atoms with Crippen LogP contribution in [0.2, 0.25) is 0 Å². The predicted octanol–water partition coefficient (Wildman–Crippen LogP) is -3.73. The van der Waals surface area contributed by atoms with Gasteiger partial charge in [0, 0.05) is 19.5 Å². The molecule has 0 aliphatic carbocycles. The summed E-state index contributed by atoms with van der Waals surface area (Å²) in [7, 11) is 0. The van der Waals surface area contributed by atoms with Gasteiger partial charge in [-0.2, -0.15) is 0 Å². The van der Waals surface area contributed by atoms with Crippen LogP contribution in [0.25, 0.3) is 0 Å². The van der Waals surface area contributed by atoms with Crippen LogP contribution in [0, 0.1) is 0 Å². The molecule has 0 radical (unpaired) electrons. The molecule has 1 aromatic rings. The van der Waals surface area contributed by atoms with Gasteiger partial charge in [-0.15, -0.1) is 0 Å². The van der Waals surface area contributed by atoms with Crippen molar-refractivity contribution in [1.82, 2.24) is 9.97 Å². The number of H-pyrrole nitrogens is 2. The SMILES string of the molecule is CC(=O)CCN1C(=O)CN(C[C@H](O)[C@H](O)[C@H](O)CO)c2[nH]c(=O)[nH]c(=O)c21. The largest absolute Gasteiger partial charge is 0.394 e. The lowest BCUT2D eigenvalue weighted by atomic mass is 10.1. The van der Waals surface area contributed by atoms with Crippen LogP contribution in [0.4, 0.5) is 11.5 Å². The second-order valence-electron chi connectivity index (χ2n) is 6.29. The first kappa shape index (κ1) is 20.8. The summed E-state index contributed by atoms with van der Waals surface area (Å²) in [6, 6.07) is 0. The molecule has 12 heteroatoms. The summed E-state index contributed by atoms with van der Waals surface area (Å²) in [4.78, 5) is 54.2. The number of carbonyl (C=O) groups excluding carboxylic acids is 2. The number of amides is 1. The molecule has 6 N–H and O–H groups in total. The molecule has 2 rings (SSSR count). The molecule has 0 aromatic carbocycles. The summed E-state index contributed by atoms with van der Waals surface area (Å²) in [6.07, 6.45) is -4.89. The number of β-amino-alcohol motifs (C(OH)–C–C–N with tert-alkyl or cyclic N) is 1. The van der Waals surface area contributed by atoms with Crippen LogP contribution in [-0.2, 0) is 9.59 Å². The molecule has 3 atom stereocenters. The molecule has 1 aliphatic heterocycles. The van der Waals surface area contributed by atoms with Crippen molar-refractivity contribution in [3.05, 3.63) is 20.8 Å². The first-order chi connectivity index (χ1) is 12.6. The predicted molar refractivity (Wildman–Crippen MR) is 92.7 cm³/mol. The van der Waals surface area contributed by atoms with Crippen molar-refractivity contribution in [2.75, 3.05) is 36.0 Å². The molecule has 12 nitrogen and oxygen atoms in total. The van der Waals surface area contributed by atoms with Gasteiger partial charge in [-0.05, 0) is 6.92 Å². The van der Waals surface area contributed by atoms with E-state index in [4.69, 9.17) is 5.11 Å². The van der Waals surface area contributed by atoms with Crippen molar-refractivity contribution in [1.29, 1.82) is 0 Å². The van der Waals surface area contributed by atoms with Gasteiger partial charge in [0.1, 0.15) is 29.9 Å². The Morgan fingerprint density at radius 2 is 1.81 bits per heavy atom. The maximum atomic E-state index is 12.5. The molecule has 0 bridgehead atoms. The molecule has 0 fully saturated rings. The minimum absolute atomic E-state index is 0.00772. The first-order valence-corrected chi connectivity index (χ1v) is 8.22. The van der Waals surface area contributed by atoms with E-state index in [1.165, 1.54) is 11.8 Å². The van der Waals surface area contributed by atoms with Gasteiger partial charge in [0.05, 0.1) is 13.2 Å². The lowest BCUT2D eigenvalue weighted by Crippen LogP contribution is -2.54. The van der Waals surface area contributed by atoms with Gasteiger partial charge >= 0.3 is 5.69 Å². The number of nitrogens with zero attached hydrogens (tertiary/aromatic N) is 2. The number of hydrogen-bond donors (Lipinski definition) is 6. The van der Waals surface area contributed by atoms with E-state index < -0.39 is 48.6 Å². The summed E-state index contributed by atoms with van der Waals surface area (Å²) >= 11 is 0. The second kappa shape index (κ2) is 8.43. The topological polar surface area (TPSA) is 187 Å². The zero-order valence-electron chi connectivity index (χ0n) is 14.6. The third kappa shape index (κ3) is 4.60. The first-order valence-electron chi connectivity index (χ1n) is 8.22. The average molecular weight is 386 g/mol. The van der Waals surface area contributed by atoms with Gasteiger partial charge in [-0.3, -0.25) is 24.4 Å². The number of rotatable bonds is 8. The van der Waals surface area contributed by atoms with E-state index >= 15 is 0 Å². The van der Waals surface area contributed by atoms with Gasteiger partial charge in [0.2, 0.25) is 5.91 Å². The number of ketones is 1. The van der Waals surface area contributed by atoms with Crippen molar-refractivity contribution >= 4 is 23.2 Å². The van der Waals surface area contributed by atoms with Gasteiger partial charge in [0.15, 0.2) is 5.69 Å². The highest BCUT2D eigenvalue weighted by Gasteiger charge is 2.35. The number of carbonyl (C=O) groups is 2. The molecule has 1 amide bonds. The highest BCUT2D eigenvalue weighted by atomic mass is 16.4. The maximum Gasteiger partial charge on any atom is 0.327 e. The summed E-state index contributed by atoms with van der Waals surface area (Å²) in [6.45, 7) is -0.259. The number of hydrogen-bond acceptors (Lipinski definition) is 9. The molecular weight excluding hydrogens is 364 g/mol. The third-order valence-corrected chi connectivity index (χ3v) is 4.18. The van der Waals surface area contributed by atoms with Gasteiger partial charge < -0.3 is 30.2 Å². The summed E-state index contributed by atoms with van der Waals surface area (Å²) in [5, 5.41) is 38.1. The Morgan fingerprint density at radius 1 is 1.15 bits per heavy atom. The number of anilines is 2. The molecule has 1 aromatic heterocycles. The van der Waals surface area contributed by atoms with E-state index in [0.717, 1.165) is 4.90 Å². The minimum Gasteiger partial charge on any atom is -0.394 e. The number of aliphatic hydroxyl groups excluding tert-OH is 4. The molecule has 0 unspecified atom stereocenters. The van der Waals surface area contributed by atoms with E-state index in [0.29, 0.717) is 0 Å². The zero-order valence-corrected chi connectivity index (χ0v) is 14.6. The van der Waals surface area contributed by atoms with Crippen LogP contribution in [0.5, 0.6) is 0 Å².